The second-order valence-corrected chi connectivity index (χ2v) is 9.75. The largest absolute Gasteiger partial charge is 0.343 e. The van der Waals surface area contributed by atoms with Crippen molar-refractivity contribution in [3.8, 4) is 0 Å². The number of carbonyl (C=O) groups is 1. The highest BCUT2D eigenvalue weighted by Crippen LogP contribution is 2.28. The Morgan fingerprint density at radius 3 is 2.59 bits per heavy atom. The van der Waals surface area contributed by atoms with Crippen LogP contribution in [-0.2, 0) is 4.79 Å². The van der Waals surface area contributed by atoms with Crippen molar-refractivity contribution in [3.05, 3.63) is 106 Å². The van der Waals surface area contributed by atoms with Crippen molar-refractivity contribution in [2.45, 2.75) is 18.9 Å². The second-order valence-electron chi connectivity index (χ2n) is 8.77. The van der Waals surface area contributed by atoms with Crippen LogP contribution in [0.1, 0.15) is 35.0 Å². The van der Waals surface area contributed by atoms with Crippen LogP contribution >= 0.6 is 11.3 Å². The highest BCUT2D eigenvalue weighted by molar-refractivity contribution is 7.10. The van der Waals surface area contributed by atoms with Crippen LogP contribution in [0.15, 0.2) is 90.3 Å². The summed E-state index contributed by atoms with van der Waals surface area (Å²) in [4.78, 5) is 21.7. The number of amides is 1. The molecule has 2 aromatic carbocycles. The summed E-state index contributed by atoms with van der Waals surface area (Å²) in [7, 11) is 0. The molecule has 34 heavy (non-hydrogen) atoms. The van der Waals surface area contributed by atoms with Crippen molar-refractivity contribution in [3.63, 3.8) is 0 Å². The molecular weight excluding hydrogens is 438 g/mol. The van der Waals surface area contributed by atoms with Crippen molar-refractivity contribution >= 4 is 34.2 Å². The first-order chi connectivity index (χ1) is 16.8. The van der Waals surface area contributed by atoms with Gasteiger partial charge in [0.05, 0.1) is 11.2 Å². The predicted octanol–water partition coefficient (Wildman–Crippen LogP) is 5.93. The van der Waals surface area contributed by atoms with Crippen LogP contribution in [0.25, 0.3) is 17.0 Å². The Balaban J connectivity index is 1.21. The van der Waals surface area contributed by atoms with E-state index in [1.165, 1.54) is 5.56 Å². The molecule has 0 saturated carbocycles. The highest BCUT2D eigenvalue weighted by atomic mass is 32.1. The van der Waals surface area contributed by atoms with Crippen LogP contribution in [-0.4, -0.2) is 35.4 Å². The topological polar surface area (TPSA) is 45.2 Å². The molecule has 3 heterocycles. The Bertz CT molecular complexity index is 1240. The zero-order chi connectivity index (χ0) is 23.2. The molecule has 1 saturated heterocycles. The van der Waals surface area contributed by atoms with Crippen LogP contribution in [0, 0.1) is 5.92 Å². The van der Waals surface area contributed by atoms with Gasteiger partial charge in [-0.3, -0.25) is 14.7 Å². The van der Waals surface area contributed by atoms with Gasteiger partial charge in [-0.1, -0.05) is 72.8 Å². The number of fused-ring (bicyclic) bond motifs is 1. The first-order valence-corrected chi connectivity index (χ1v) is 12.8. The number of carbonyl (C=O) groups excluding carboxylic acids is 1. The lowest BCUT2D eigenvalue weighted by Crippen LogP contribution is -2.41. The Morgan fingerprint density at radius 2 is 1.79 bits per heavy atom. The van der Waals surface area contributed by atoms with Crippen molar-refractivity contribution in [2.75, 3.05) is 19.6 Å². The van der Waals surface area contributed by atoms with E-state index in [2.05, 4.69) is 70.2 Å². The maximum atomic E-state index is 13.3. The van der Waals surface area contributed by atoms with E-state index >= 15 is 0 Å². The molecule has 0 bridgehead atoms. The van der Waals surface area contributed by atoms with Crippen molar-refractivity contribution < 1.29 is 4.79 Å². The molecule has 1 amide bonds. The van der Waals surface area contributed by atoms with Crippen LogP contribution in [0.4, 0.5) is 0 Å². The number of likely N-dealkylation sites (tertiary alicyclic amines) is 1. The molecule has 1 aliphatic rings. The maximum Gasteiger partial charge on any atom is 0.224 e. The molecule has 2 aromatic heterocycles. The molecule has 0 aliphatic carbocycles. The summed E-state index contributed by atoms with van der Waals surface area (Å²) in [6, 6.07) is 26.5. The standard InChI is InChI=1S/C29H29N3OS/c33-29(24-16-19-32(20-17-24)18-6-10-22-8-2-1-3-9-22)31-28(27-13-7-21-34-27)26-15-14-23-11-4-5-12-25(23)30-26/h1-15,21,24,28H,16-20H2,(H,31,33)/b10-6+. The average molecular weight is 468 g/mol. The molecule has 5 rings (SSSR count). The van der Waals surface area contributed by atoms with E-state index in [0.29, 0.717) is 0 Å². The summed E-state index contributed by atoms with van der Waals surface area (Å²) in [5, 5.41) is 6.49. The molecule has 1 fully saturated rings. The zero-order valence-corrected chi connectivity index (χ0v) is 20.0. The summed E-state index contributed by atoms with van der Waals surface area (Å²) >= 11 is 1.66. The van der Waals surface area contributed by atoms with Gasteiger partial charge in [0.25, 0.3) is 0 Å². The molecule has 0 radical (unpaired) electrons. The zero-order valence-electron chi connectivity index (χ0n) is 19.1. The third-order valence-corrected chi connectivity index (χ3v) is 7.40. The van der Waals surface area contributed by atoms with Gasteiger partial charge in [-0.05, 0) is 55.1 Å². The predicted molar refractivity (Wildman–Crippen MR) is 141 cm³/mol. The van der Waals surface area contributed by atoms with E-state index in [4.69, 9.17) is 4.98 Å². The lowest BCUT2D eigenvalue weighted by Gasteiger charge is -2.31. The molecule has 5 heteroatoms. The summed E-state index contributed by atoms with van der Waals surface area (Å²) in [5.74, 6) is 0.171. The molecule has 1 aliphatic heterocycles. The molecule has 1 atom stereocenters. The summed E-state index contributed by atoms with van der Waals surface area (Å²) < 4.78 is 0. The van der Waals surface area contributed by atoms with Gasteiger partial charge in [0.1, 0.15) is 6.04 Å². The number of nitrogens with one attached hydrogen (secondary N) is 1. The molecule has 1 unspecified atom stereocenters. The Labute approximate surface area is 205 Å². The fourth-order valence-corrected chi connectivity index (χ4v) is 5.32. The fraction of sp³-hybridized carbons (Fsp3) is 0.241. The number of piperidine rings is 1. The monoisotopic (exact) mass is 467 g/mol. The van der Waals surface area contributed by atoms with E-state index in [9.17, 15) is 4.79 Å². The van der Waals surface area contributed by atoms with E-state index in [-0.39, 0.29) is 17.9 Å². The lowest BCUT2D eigenvalue weighted by atomic mass is 9.95. The van der Waals surface area contributed by atoms with Crippen LogP contribution in [0.5, 0.6) is 0 Å². The number of thiophene rings is 1. The first-order valence-electron chi connectivity index (χ1n) is 11.9. The van der Waals surface area contributed by atoms with E-state index < -0.39 is 0 Å². The van der Waals surface area contributed by atoms with Gasteiger partial charge in [0, 0.05) is 22.7 Å². The molecular formula is C29H29N3OS. The third kappa shape index (κ3) is 5.44. The SMILES string of the molecule is O=C(NC(c1ccc2ccccc2n1)c1cccs1)C1CCN(C/C=C/c2ccccc2)CC1. The van der Waals surface area contributed by atoms with Gasteiger partial charge < -0.3 is 5.32 Å². The van der Waals surface area contributed by atoms with Gasteiger partial charge in [0.15, 0.2) is 0 Å². The maximum absolute atomic E-state index is 13.3. The van der Waals surface area contributed by atoms with Crippen LogP contribution < -0.4 is 5.32 Å². The van der Waals surface area contributed by atoms with Crippen LogP contribution in [0.3, 0.4) is 0 Å². The fourth-order valence-electron chi connectivity index (χ4n) is 4.53. The van der Waals surface area contributed by atoms with E-state index in [1.54, 1.807) is 11.3 Å². The van der Waals surface area contributed by atoms with Crippen molar-refractivity contribution in [1.29, 1.82) is 0 Å². The van der Waals surface area contributed by atoms with Gasteiger partial charge >= 0.3 is 0 Å². The number of hydrogen-bond donors (Lipinski definition) is 1. The first kappa shape index (κ1) is 22.5. The number of hydrogen-bond acceptors (Lipinski definition) is 4. The van der Waals surface area contributed by atoms with Crippen molar-refractivity contribution in [2.24, 2.45) is 5.92 Å². The van der Waals surface area contributed by atoms with Gasteiger partial charge in [-0.25, -0.2) is 0 Å². The van der Waals surface area contributed by atoms with Crippen LogP contribution in [0.2, 0.25) is 0 Å². The molecule has 172 valence electrons. The Hall–Kier alpha value is -3.28. The number of para-hydroxylation sites is 1. The summed E-state index contributed by atoms with van der Waals surface area (Å²) in [6.45, 7) is 2.80. The molecule has 0 spiro atoms. The lowest BCUT2D eigenvalue weighted by molar-refractivity contribution is -0.126. The number of aromatic nitrogens is 1. The van der Waals surface area contributed by atoms with Gasteiger partial charge in [-0.15, -0.1) is 11.3 Å². The minimum Gasteiger partial charge on any atom is -0.343 e. The third-order valence-electron chi connectivity index (χ3n) is 6.46. The van der Waals surface area contributed by atoms with Crippen molar-refractivity contribution in [1.82, 2.24) is 15.2 Å². The molecule has 1 N–H and O–H groups in total. The van der Waals surface area contributed by atoms with E-state index in [0.717, 1.165) is 53.9 Å². The summed E-state index contributed by atoms with van der Waals surface area (Å²) in [6.07, 6.45) is 6.15. The Kier molecular flexibility index (Phi) is 7.13. The van der Waals surface area contributed by atoms with Gasteiger partial charge in [-0.2, -0.15) is 0 Å². The normalized spacial score (nSPS) is 16.1. The molecule has 4 aromatic rings. The number of nitrogens with zero attached hydrogens (tertiary/aromatic N) is 2. The quantitative estimate of drug-likeness (QED) is 0.367. The number of benzene rings is 2. The minimum atomic E-state index is -0.219. The molecule has 4 nitrogen and oxygen atoms in total. The number of pyridine rings is 1. The van der Waals surface area contributed by atoms with Gasteiger partial charge in [0.2, 0.25) is 5.91 Å². The minimum absolute atomic E-state index is 0.0391. The highest BCUT2D eigenvalue weighted by Gasteiger charge is 2.28. The Morgan fingerprint density at radius 1 is 1.00 bits per heavy atom. The van der Waals surface area contributed by atoms with E-state index in [1.807, 2.05) is 36.4 Å². The smallest absolute Gasteiger partial charge is 0.224 e. The summed E-state index contributed by atoms with van der Waals surface area (Å²) in [5.41, 5.74) is 3.06. The number of rotatable bonds is 7. The average Bonchev–Trinajstić information content (AvgIpc) is 3.43. The second kappa shape index (κ2) is 10.8.